The van der Waals surface area contributed by atoms with Gasteiger partial charge in [-0.2, -0.15) is 61.5 Å². The lowest BCUT2D eigenvalue weighted by atomic mass is 10.1. The monoisotopic (exact) mass is 430 g/mol. The van der Waals surface area contributed by atoms with Crippen LogP contribution in [0.3, 0.4) is 0 Å². The molecule has 0 bridgehead atoms. The van der Waals surface area contributed by atoms with Crippen molar-refractivity contribution in [2.24, 2.45) is 0 Å². The van der Waals surface area contributed by atoms with Crippen LogP contribution in [0.2, 0.25) is 0 Å². The van der Waals surface area contributed by atoms with Crippen molar-refractivity contribution in [1.29, 1.82) is 0 Å². The quantitative estimate of drug-likeness (QED) is 0.464. The number of rotatable bonds is 9. The molecule has 0 spiro atoms. The number of hydrogen-bond acceptors (Lipinski definition) is 2. The van der Waals surface area contributed by atoms with Gasteiger partial charge in [0.25, 0.3) is 0 Å². The lowest BCUT2D eigenvalue weighted by Gasteiger charge is -2.37. The highest BCUT2D eigenvalue weighted by molar-refractivity contribution is 4.98. The zero-order valence-corrected chi connectivity index (χ0v) is 11.7. The van der Waals surface area contributed by atoms with Crippen molar-refractivity contribution in [2.75, 3.05) is 6.67 Å². The van der Waals surface area contributed by atoms with Crippen LogP contribution in [0.4, 0.5) is 65.9 Å². The summed E-state index contributed by atoms with van der Waals surface area (Å²) in [7, 11) is 0. The van der Waals surface area contributed by atoms with E-state index in [2.05, 4.69) is 0 Å². The molecule has 0 aromatic carbocycles. The maximum Gasteiger partial charge on any atom is 0.430 e. The van der Waals surface area contributed by atoms with Crippen molar-refractivity contribution < 1.29 is 75.3 Å². The summed E-state index contributed by atoms with van der Waals surface area (Å²) in [4.78, 5) is 0. The Labute approximate surface area is 132 Å². The van der Waals surface area contributed by atoms with E-state index in [0.717, 1.165) is 0 Å². The molecule has 0 saturated carbocycles. The molecule has 2 nitrogen and oxygen atoms in total. The molecule has 0 rings (SSSR count). The standard InChI is InChI=1S/C9H5F15O2/c1-3(11,12)7(19,20)26-9(23,24)6(17,18)5(15,16)8(21,22)25-4(13,14)2-10/h2H2,1H3. The zero-order valence-electron chi connectivity index (χ0n) is 11.7. The van der Waals surface area contributed by atoms with Crippen LogP contribution >= 0.6 is 0 Å². The molecule has 0 aliphatic rings. The van der Waals surface area contributed by atoms with Crippen LogP contribution in [-0.4, -0.2) is 48.9 Å². The van der Waals surface area contributed by atoms with Gasteiger partial charge in [0, 0.05) is 6.92 Å². The minimum Gasteiger partial charge on any atom is -0.248 e. The first-order valence-corrected chi connectivity index (χ1v) is 5.58. The van der Waals surface area contributed by atoms with E-state index in [1.807, 2.05) is 0 Å². The fourth-order valence-electron chi connectivity index (χ4n) is 0.959. The van der Waals surface area contributed by atoms with Crippen molar-refractivity contribution in [3.8, 4) is 0 Å². The Morgan fingerprint density at radius 1 is 0.538 bits per heavy atom. The molecular formula is C9H5F15O2. The van der Waals surface area contributed by atoms with Crippen LogP contribution in [0.5, 0.6) is 0 Å². The molecule has 0 heterocycles. The predicted molar refractivity (Wildman–Crippen MR) is 48.4 cm³/mol. The van der Waals surface area contributed by atoms with E-state index in [0.29, 0.717) is 0 Å². The molecule has 0 aromatic rings. The van der Waals surface area contributed by atoms with Gasteiger partial charge < -0.3 is 0 Å². The Morgan fingerprint density at radius 3 is 1.12 bits per heavy atom. The van der Waals surface area contributed by atoms with Crippen LogP contribution < -0.4 is 0 Å². The summed E-state index contributed by atoms with van der Waals surface area (Å²) in [5.74, 6) is -21.3. The SMILES string of the molecule is CC(F)(F)C(F)(F)OC(F)(F)C(F)(F)C(F)(F)C(F)(F)OC(F)(F)CF. The van der Waals surface area contributed by atoms with Gasteiger partial charge in [0.05, 0.1) is 0 Å². The third kappa shape index (κ3) is 4.40. The number of alkyl halides is 15. The summed E-state index contributed by atoms with van der Waals surface area (Å²) >= 11 is 0. The van der Waals surface area contributed by atoms with Crippen LogP contribution in [0, 0.1) is 0 Å². The van der Waals surface area contributed by atoms with Gasteiger partial charge in [-0.3, -0.25) is 0 Å². The maximum absolute atomic E-state index is 13.0. The lowest BCUT2D eigenvalue weighted by Crippen LogP contribution is -2.66. The fraction of sp³-hybridized carbons (Fsp3) is 1.00. The molecule has 0 radical (unpaired) electrons. The second-order valence-electron chi connectivity index (χ2n) is 4.56. The van der Waals surface area contributed by atoms with E-state index < -0.39 is 55.8 Å². The molecule has 0 saturated heterocycles. The Kier molecular flexibility index (Phi) is 6.21. The molecule has 0 N–H and O–H groups in total. The maximum atomic E-state index is 13.0. The minimum atomic E-state index is -7.81. The first-order chi connectivity index (χ1) is 11.0. The van der Waals surface area contributed by atoms with Crippen LogP contribution in [0.1, 0.15) is 6.92 Å². The predicted octanol–water partition coefficient (Wildman–Crippen LogP) is 5.29. The highest BCUT2D eigenvalue weighted by atomic mass is 19.4. The van der Waals surface area contributed by atoms with Gasteiger partial charge in [-0.25, -0.2) is 13.9 Å². The van der Waals surface area contributed by atoms with E-state index in [-0.39, 0.29) is 0 Å². The van der Waals surface area contributed by atoms with Gasteiger partial charge in [0.15, 0.2) is 6.67 Å². The van der Waals surface area contributed by atoms with Crippen molar-refractivity contribution in [3.05, 3.63) is 0 Å². The first-order valence-electron chi connectivity index (χ1n) is 5.58. The molecule has 0 aromatic heterocycles. The molecule has 26 heavy (non-hydrogen) atoms. The number of ether oxygens (including phenoxy) is 2. The summed E-state index contributed by atoms with van der Waals surface area (Å²) in [6.07, 6.45) is -27.2. The smallest absolute Gasteiger partial charge is 0.248 e. The molecule has 17 heteroatoms. The highest BCUT2D eigenvalue weighted by Crippen LogP contribution is 2.56. The van der Waals surface area contributed by atoms with E-state index in [9.17, 15) is 65.9 Å². The topological polar surface area (TPSA) is 18.5 Å². The average Bonchev–Trinajstić information content (AvgIpc) is 2.34. The second-order valence-corrected chi connectivity index (χ2v) is 4.56. The van der Waals surface area contributed by atoms with Gasteiger partial charge >= 0.3 is 42.2 Å². The summed E-state index contributed by atoms with van der Waals surface area (Å²) in [5, 5.41) is 0. The van der Waals surface area contributed by atoms with Gasteiger partial charge in [0.1, 0.15) is 0 Å². The van der Waals surface area contributed by atoms with E-state index in [1.165, 1.54) is 0 Å². The van der Waals surface area contributed by atoms with Crippen LogP contribution in [0.15, 0.2) is 0 Å². The average molecular weight is 430 g/mol. The molecular weight excluding hydrogens is 425 g/mol. The summed E-state index contributed by atoms with van der Waals surface area (Å²) in [6.45, 7) is -4.20. The third-order valence-corrected chi connectivity index (χ3v) is 2.33. The van der Waals surface area contributed by atoms with Crippen molar-refractivity contribution in [1.82, 2.24) is 0 Å². The zero-order chi connectivity index (χ0) is 21.6. The van der Waals surface area contributed by atoms with E-state index in [4.69, 9.17) is 0 Å². The lowest BCUT2D eigenvalue weighted by molar-refractivity contribution is -0.521. The molecule has 0 aliphatic heterocycles. The Morgan fingerprint density at radius 2 is 0.846 bits per heavy atom. The van der Waals surface area contributed by atoms with Gasteiger partial charge in [-0.15, -0.1) is 0 Å². The van der Waals surface area contributed by atoms with Crippen molar-refractivity contribution in [2.45, 2.75) is 49.1 Å². The Bertz CT molecular complexity index is 494. The second kappa shape index (κ2) is 6.49. The molecule has 158 valence electrons. The fourth-order valence-corrected chi connectivity index (χ4v) is 0.959. The number of hydrogen-bond donors (Lipinski definition) is 0. The largest absolute Gasteiger partial charge is 0.430 e. The summed E-state index contributed by atoms with van der Waals surface area (Å²) < 4.78 is 192. The third-order valence-electron chi connectivity index (χ3n) is 2.33. The number of halogens is 15. The van der Waals surface area contributed by atoms with Gasteiger partial charge in [0.2, 0.25) is 0 Å². The minimum absolute atomic E-state index is 0.890. The highest BCUT2D eigenvalue weighted by Gasteiger charge is 2.85. The van der Waals surface area contributed by atoms with Crippen molar-refractivity contribution in [3.63, 3.8) is 0 Å². The molecule has 0 aliphatic carbocycles. The summed E-state index contributed by atoms with van der Waals surface area (Å²) in [5.41, 5.74) is 0. The molecule has 0 atom stereocenters. The van der Waals surface area contributed by atoms with E-state index in [1.54, 1.807) is 9.47 Å². The van der Waals surface area contributed by atoms with Crippen LogP contribution in [0.25, 0.3) is 0 Å². The van der Waals surface area contributed by atoms with Gasteiger partial charge in [-0.05, 0) is 0 Å². The van der Waals surface area contributed by atoms with E-state index >= 15 is 0 Å². The van der Waals surface area contributed by atoms with Crippen molar-refractivity contribution >= 4 is 0 Å². The summed E-state index contributed by atoms with van der Waals surface area (Å²) in [6, 6.07) is 0. The normalized spacial score (nSPS) is 16.2. The molecule has 0 amide bonds. The Hall–Kier alpha value is -1.13. The Balaban J connectivity index is 5.95. The van der Waals surface area contributed by atoms with Crippen LogP contribution in [-0.2, 0) is 9.47 Å². The van der Waals surface area contributed by atoms with Gasteiger partial charge in [-0.1, -0.05) is 0 Å². The molecule has 0 fully saturated rings. The first kappa shape index (κ1) is 24.9. The molecule has 0 unspecified atom stereocenters.